The molecule has 2 heterocycles. The number of nitrogens with two attached hydrogens (primary N) is 1. The van der Waals surface area contributed by atoms with Gasteiger partial charge in [-0.3, -0.25) is 10.1 Å². The number of aromatic nitrogens is 2. The molecule has 0 saturated carbocycles. The fourth-order valence-electron chi connectivity index (χ4n) is 2.69. The van der Waals surface area contributed by atoms with Crippen LogP contribution in [0.1, 0.15) is 5.56 Å². The van der Waals surface area contributed by atoms with Crippen LogP contribution in [-0.2, 0) is 6.54 Å². The van der Waals surface area contributed by atoms with Gasteiger partial charge in [0.25, 0.3) is 0 Å². The number of rotatable bonds is 5. The average molecular weight is 343 g/mol. The maximum Gasteiger partial charge on any atom is 0.353 e. The highest BCUT2D eigenvalue weighted by Gasteiger charge is 2.26. The van der Waals surface area contributed by atoms with E-state index in [1.807, 2.05) is 35.2 Å². The highest BCUT2D eigenvalue weighted by atomic mass is 16.6. The van der Waals surface area contributed by atoms with Gasteiger partial charge in [-0.05, 0) is 12.6 Å². The largest absolute Gasteiger partial charge is 0.378 e. The first kappa shape index (κ1) is 16.9. The molecule has 1 aliphatic rings. The zero-order valence-corrected chi connectivity index (χ0v) is 14.1. The number of nitrogens with zero attached hydrogens (tertiary/aromatic N) is 5. The zero-order valence-electron chi connectivity index (χ0n) is 14.1. The second-order valence-electron chi connectivity index (χ2n) is 5.99. The van der Waals surface area contributed by atoms with Crippen molar-refractivity contribution in [3.63, 3.8) is 0 Å². The van der Waals surface area contributed by atoms with Gasteiger partial charge >= 0.3 is 5.69 Å². The maximum atomic E-state index is 11.4. The molecule has 1 fully saturated rings. The summed E-state index contributed by atoms with van der Waals surface area (Å²) in [5, 5.41) is 14.4. The Morgan fingerprint density at radius 2 is 1.88 bits per heavy atom. The van der Waals surface area contributed by atoms with Crippen molar-refractivity contribution in [2.24, 2.45) is 0 Å². The number of benzene rings is 1. The van der Waals surface area contributed by atoms with Crippen LogP contribution >= 0.6 is 0 Å². The second-order valence-corrected chi connectivity index (χ2v) is 5.99. The minimum absolute atomic E-state index is 0.121. The summed E-state index contributed by atoms with van der Waals surface area (Å²) >= 11 is 0. The highest BCUT2D eigenvalue weighted by molar-refractivity contribution is 5.70. The van der Waals surface area contributed by atoms with E-state index in [1.54, 1.807) is 0 Å². The van der Waals surface area contributed by atoms with Crippen LogP contribution in [0.25, 0.3) is 0 Å². The first-order chi connectivity index (χ1) is 12.0. The van der Waals surface area contributed by atoms with E-state index in [1.165, 1.54) is 0 Å². The van der Waals surface area contributed by atoms with Gasteiger partial charge in [-0.1, -0.05) is 30.3 Å². The summed E-state index contributed by atoms with van der Waals surface area (Å²) in [6.45, 7) is 3.69. The standard InChI is InChI=1S/C16H21N7O2/c1-21-7-9-22(10-8-21)16-19-14(17)13(23(24)25)15(20-16)18-11-12-5-3-2-4-6-12/h2-6H,7-11H2,1H3,(H3,17,18,19,20). The van der Waals surface area contributed by atoms with E-state index < -0.39 is 4.92 Å². The van der Waals surface area contributed by atoms with Crippen LogP contribution in [0.15, 0.2) is 30.3 Å². The quantitative estimate of drug-likeness (QED) is 0.617. The molecule has 25 heavy (non-hydrogen) atoms. The van der Waals surface area contributed by atoms with Gasteiger partial charge in [0.15, 0.2) is 0 Å². The van der Waals surface area contributed by atoms with Crippen molar-refractivity contribution >= 4 is 23.3 Å². The molecule has 0 atom stereocenters. The molecule has 1 aliphatic heterocycles. The van der Waals surface area contributed by atoms with Crippen LogP contribution in [0.3, 0.4) is 0 Å². The molecule has 0 spiro atoms. The Morgan fingerprint density at radius 3 is 2.52 bits per heavy atom. The van der Waals surface area contributed by atoms with E-state index >= 15 is 0 Å². The van der Waals surface area contributed by atoms with Crippen molar-refractivity contribution in [3.8, 4) is 0 Å². The Balaban J connectivity index is 1.86. The van der Waals surface area contributed by atoms with E-state index in [-0.39, 0.29) is 17.3 Å². The summed E-state index contributed by atoms with van der Waals surface area (Å²) in [6, 6.07) is 9.61. The van der Waals surface area contributed by atoms with E-state index in [2.05, 4.69) is 27.2 Å². The lowest BCUT2D eigenvalue weighted by atomic mass is 10.2. The van der Waals surface area contributed by atoms with Gasteiger partial charge in [0.2, 0.25) is 17.6 Å². The number of hydrogen-bond donors (Lipinski definition) is 2. The molecular formula is C16H21N7O2. The molecule has 3 N–H and O–H groups in total. The SMILES string of the molecule is CN1CCN(c2nc(N)c([N+](=O)[O-])c(NCc3ccccc3)n2)CC1. The van der Waals surface area contributed by atoms with Crippen molar-refractivity contribution < 1.29 is 4.92 Å². The van der Waals surface area contributed by atoms with Gasteiger partial charge < -0.3 is 20.9 Å². The van der Waals surface area contributed by atoms with Crippen molar-refractivity contribution in [1.82, 2.24) is 14.9 Å². The van der Waals surface area contributed by atoms with Gasteiger partial charge in [-0.15, -0.1) is 0 Å². The molecule has 0 radical (unpaired) electrons. The van der Waals surface area contributed by atoms with Crippen LogP contribution in [0.4, 0.5) is 23.3 Å². The predicted molar refractivity (Wildman–Crippen MR) is 96.6 cm³/mol. The topological polar surface area (TPSA) is 113 Å². The maximum absolute atomic E-state index is 11.4. The number of likely N-dealkylation sites (N-methyl/N-ethyl adjacent to an activating group) is 1. The second kappa shape index (κ2) is 7.31. The highest BCUT2D eigenvalue weighted by Crippen LogP contribution is 2.30. The molecule has 0 aliphatic carbocycles. The van der Waals surface area contributed by atoms with E-state index in [0.29, 0.717) is 12.5 Å². The zero-order chi connectivity index (χ0) is 17.8. The van der Waals surface area contributed by atoms with Crippen molar-refractivity contribution in [3.05, 3.63) is 46.0 Å². The lowest BCUT2D eigenvalue weighted by Gasteiger charge is -2.32. The molecular weight excluding hydrogens is 322 g/mol. The summed E-state index contributed by atoms with van der Waals surface area (Å²) in [5.74, 6) is 0.450. The molecule has 9 heteroatoms. The molecule has 132 valence electrons. The van der Waals surface area contributed by atoms with Gasteiger partial charge in [0.05, 0.1) is 4.92 Å². The fourth-order valence-corrected chi connectivity index (χ4v) is 2.69. The number of nitrogen functional groups attached to an aromatic ring is 1. The molecule has 1 saturated heterocycles. The minimum atomic E-state index is -0.545. The van der Waals surface area contributed by atoms with E-state index in [9.17, 15) is 10.1 Å². The first-order valence-corrected chi connectivity index (χ1v) is 8.08. The van der Waals surface area contributed by atoms with Crippen LogP contribution in [-0.4, -0.2) is 53.0 Å². The molecule has 2 aromatic rings. The van der Waals surface area contributed by atoms with E-state index in [4.69, 9.17) is 5.73 Å². The van der Waals surface area contributed by atoms with Crippen molar-refractivity contribution in [2.45, 2.75) is 6.54 Å². The normalized spacial score (nSPS) is 15.2. The molecule has 1 aromatic heterocycles. The van der Waals surface area contributed by atoms with Crippen LogP contribution in [0.2, 0.25) is 0 Å². The summed E-state index contributed by atoms with van der Waals surface area (Å²) in [5.41, 5.74) is 6.57. The number of nitrogens with one attached hydrogen (secondary N) is 1. The molecule has 0 amide bonds. The lowest BCUT2D eigenvalue weighted by Crippen LogP contribution is -2.45. The Kier molecular flexibility index (Phi) is 4.94. The lowest BCUT2D eigenvalue weighted by molar-refractivity contribution is -0.383. The summed E-state index contributed by atoms with van der Waals surface area (Å²) in [7, 11) is 2.05. The number of nitro groups is 1. The summed E-state index contributed by atoms with van der Waals surface area (Å²) in [4.78, 5) is 23.6. The van der Waals surface area contributed by atoms with Gasteiger partial charge in [0.1, 0.15) is 0 Å². The Hall–Kier alpha value is -2.94. The molecule has 0 bridgehead atoms. The average Bonchev–Trinajstić information content (AvgIpc) is 2.60. The molecule has 1 aromatic carbocycles. The van der Waals surface area contributed by atoms with E-state index in [0.717, 1.165) is 31.7 Å². The first-order valence-electron chi connectivity index (χ1n) is 8.08. The fraction of sp³-hybridized carbons (Fsp3) is 0.375. The number of anilines is 3. The number of hydrogen-bond acceptors (Lipinski definition) is 8. The monoisotopic (exact) mass is 343 g/mol. The Morgan fingerprint density at radius 1 is 1.20 bits per heavy atom. The molecule has 0 unspecified atom stereocenters. The third-order valence-corrected chi connectivity index (χ3v) is 4.17. The summed E-state index contributed by atoms with van der Waals surface area (Å²) in [6.07, 6.45) is 0. The van der Waals surface area contributed by atoms with Crippen LogP contribution < -0.4 is 16.0 Å². The van der Waals surface area contributed by atoms with Crippen LogP contribution in [0.5, 0.6) is 0 Å². The van der Waals surface area contributed by atoms with Gasteiger partial charge in [-0.2, -0.15) is 9.97 Å². The van der Waals surface area contributed by atoms with Crippen LogP contribution in [0, 0.1) is 10.1 Å². The smallest absolute Gasteiger partial charge is 0.353 e. The third-order valence-electron chi connectivity index (χ3n) is 4.17. The van der Waals surface area contributed by atoms with Crippen molar-refractivity contribution in [1.29, 1.82) is 0 Å². The Bertz CT molecular complexity index is 746. The Labute approximate surface area is 145 Å². The summed E-state index contributed by atoms with van der Waals surface area (Å²) < 4.78 is 0. The van der Waals surface area contributed by atoms with Gasteiger partial charge in [-0.25, -0.2) is 0 Å². The predicted octanol–water partition coefficient (Wildman–Crippen LogP) is 1.33. The molecule has 9 nitrogen and oxygen atoms in total. The molecule has 3 rings (SSSR count). The van der Waals surface area contributed by atoms with Crippen molar-refractivity contribution in [2.75, 3.05) is 49.2 Å². The minimum Gasteiger partial charge on any atom is -0.378 e. The van der Waals surface area contributed by atoms with Gasteiger partial charge in [0, 0.05) is 32.7 Å². The number of piperazine rings is 1. The third kappa shape index (κ3) is 3.94.